The third-order valence-corrected chi connectivity index (χ3v) is 5.13. The number of rotatable bonds is 6. The topological polar surface area (TPSA) is 69.6 Å². The van der Waals surface area contributed by atoms with Crippen LogP contribution in [-0.2, 0) is 16.6 Å². The fourth-order valence-electron chi connectivity index (χ4n) is 4.01. The van der Waals surface area contributed by atoms with Gasteiger partial charge in [-0.3, -0.25) is 5.32 Å². The third-order valence-electron chi connectivity index (χ3n) is 5.13. The summed E-state index contributed by atoms with van der Waals surface area (Å²) in [5.41, 5.74) is -0.888. The molecule has 0 saturated heterocycles. The zero-order valence-electron chi connectivity index (χ0n) is 15.0. The number of carboxylic acid groups (broad SMARTS) is 1. The Morgan fingerprint density at radius 2 is 1.92 bits per heavy atom. The van der Waals surface area contributed by atoms with E-state index in [9.17, 15) is 15.0 Å². The Hall–Kier alpha value is -1.54. The molecule has 3 N–H and O–H groups in total. The van der Waals surface area contributed by atoms with Crippen molar-refractivity contribution in [2.45, 2.75) is 63.5 Å². The van der Waals surface area contributed by atoms with Crippen LogP contribution in [0.1, 0.15) is 57.1 Å². The van der Waals surface area contributed by atoms with Crippen molar-refractivity contribution in [2.75, 3.05) is 6.54 Å². The zero-order valence-corrected chi connectivity index (χ0v) is 15.8. The van der Waals surface area contributed by atoms with Gasteiger partial charge in [0.1, 0.15) is 0 Å². The number of nitrogens with one attached hydrogen (secondary N) is 1. The van der Waals surface area contributed by atoms with E-state index in [-0.39, 0.29) is 12.4 Å². The largest absolute Gasteiger partial charge is 0.478 e. The Balaban J connectivity index is 0.00000312. The molecule has 1 saturated carbocycles. The summed E-state index contributed by atoms with van der Waals surface area (Å²) >= 11 is 0. The maximum atomic E-state index is 12.1. The zero-order chi connectivity index (χ0) is 17.6. The number of aliphatic carboxylic acids is 1. The molecule has 0 aromatic heterocycles. The first-order valence-electron chi connectivity index (χ1n) is 8.70. The summed E-state index contributed by atoms with van der Waals surface area (Å²) in [4.78, 5) is 12.1. The fourth-order valence-corrected chi connectivity index (χ4v) is 4.01. The van der Waals surface area contributed by atoms with E-state index in [4.69, 9.17) is 0 Å². The van der Waals surface area contributed by atoms with E-state index in [0.29, 0.717) is 25.8 Å². The van der Waals surface area contributed by atoms with Crippen LogP contribution in [-0.4, -0.2) is 28.5 Å². The standard InChI is InChI=1S/C20H27NO3.ClH/c1-3-5-11-16-12-7-8-13-17(16)19(14-9-6-10-15-19)20(24,18(22)23)21-4-2;/h7-8,12-13,21,24H,4,6,9-11,14-15H2,1-2H3,(H,22,23);1H. The molecule has 1 aliphatic carbocycles. The van der Waals surface area contributed by atoms with Crippen molar-refractivity contribution >= 4 is 18.4 Å². The average Bonchev–Trinajstić information content (AvgIpc) is 2.60. The molecule has 138 valence electrons. The Kier molecular flexibility index (Phi) is 7.95. The summed E-state index contributed by atoms with van der Waals surface area (Å²) < 4.78 is 0. The highest BCUT2D eigenvalue weighted by molar-refractivity contribution is 5.85. The van der Waals surface area contributed by atoms with Crippen LogP contribution in [0.5, 0.6) is 0 Å². The second-order valence-corrected chi connectivity index (χ2v) is 6.45. The quantitative estimate of drug-likeness (QED) is 0.534. The van der Waals surface area contributed by atoms with Crippen molar-refractivity contribution in [2.24, 2.45) is 0 Å². The summed E-state index contributed by atoms with van der Waals surface area (Å²) in [5.74, 6) is 4.77. The van der Waals surface area contributed by atoms with Crippen molar-refractivity contribution in [3.63, 3.8) is 0 Å². The molecule has 0 amide bonds. The van der Waals surface area contributed by atoms with Gasteiger partial charge in [0.2, 0.25) is 5.72 Å². The van der Waals surface area contributed by atoms with Gasteiger partial charge in [-0.1, -0.05) is 56.4 Å². The summed E-state index contributed by atoms with van der Waals surface area (Å²) in [6.45, 7) is 4.01. The first-order chi connectivity index (χ1) is 11.5. The molecule has 2 rings (SSSR count). The lowest BCUT2D eigenvalue weighted by molar-refractivity contribution is -0.176. The molecule has 5 heteroatoms. The molecule has 0 radical (unpaired) electrons. The summed E-state index contributed by atoms with van der Waals surface area (Å²) in [6.07, 6.45) is 4.76. The second kappa shape index (κ2) is 9.24. The van der Waals surface area contributed by atoms with Gasteiger partial charge in [0.25, 0.3) is 0 Å². The van der Waals surface area contributed by atoms with Gasteiger partial charge in [-0.05, 0) is 37.4 Å². The first-order valence-corrected chi connectivity index (χ1v) is 8.70. The van der Waals surface area contributed by atoms with Gasteiger partial charge in [-0.25, -0.2) is 4.79 Å². The normalized spacial score (nSPS) is 18.2. The fraction of sp³-hybridized carbons (Fsp3) is 0.550. The number of carbonyl (C=O) groups is 1. The highest BCUT2D eigenvalue weighted by Gasteiger charge is 2.57. The highest BCUT2D eigenvalue weighted by Crippen LogP contribution is 2.47. The number of benzene rings is 1. The number of aliphatic hydroxyl groups is 1. The predicted octanol–water partition coefficient (Wildman–Crippen LogP) is 3.26. The molecule has 4 nitrogen and oxygen atoms in total. The van der Waals surface area contributed by atoms with Gasteiger partial charge in [-0.15, -0.1) is 18.3 Å². The van der Waals surface area contributed by atoms with E-state index in [2.05, 4.69) is 17.2 Å². The van der Waals surface area contributed by atoms with Crippen LogP contribution in [0.4, 0.5) is 0 Å². The number of carboxylic acids is 1. The Morgan fingerprint density at radius 1 is 1.28 bits per heavy atom. The predicted molar refractivity (Wildman–Crippen MR) is 102 cm³/mol. The van der Waals surface area contributed by atoms with Gasteiger partial charge in [0, 0.05) is 11.8 Å². The lowest BCUT2D eigenvalue weighted by Gasteiger charge is -2.48. The van der Waals surface area contributed by atoms with Crippen LogP contribution >= 0.6 is 12.4 Å². The monoisotopic (exact) mass is 365 g/mol. The highest BCUT2D eigenvalue weighted by atomic mass is 35.5. The first kappa shape index (κ1) is 21.5. The van der Waals surface area contributed by atoms with Crippen LogP contribution in [0.25, 0.3) is 0 Å². The lowest BCUT2D eigenvalue weighted by Crippen LogP contribution is -2.66. The van der Waals surface area contributed by atoms with Crippen LogP contribution in [0, 0.1) is 11.8 Å². The summed E-state index contributed by atoms with van der Waals surface area (Å²) in [6, 6.07) is 7.82. The molecule has 1 aromatic carbocycles. The van der Waals surface area contributed by atoms with E-state index < -0.39 is 17.1 Å². The van der Waals surface area contributed by atoms with Crippen LogP contribution in [0.3, 0.4) is 0 Å². The molecule has 0 heterocycles. The molecule has 0 spiro atoms. The minimum atomic E-state index is -1.97. The molecule has 25 heavy (non-hydrogen) atoms. The molecular weight excluding hydrogens is 338 g/mol. The lowest BCUT2D eigenvalue weighted by atomic mass is 9.61. The van der Waals surface area contributed by atoms with E-state index in [1.54, 1.807) is 6.92 Å². The van der Waals surface area contributed by atoms with E-state index >= 15 is 0 Å². The van der Waals surface area contributed by atoms with Crippen molar-refractivity contribution in [1.29, 1.82) is 0 Å². The van der Waals surface area contributed by atoms with Crippen LogP contribution < -0.4 is 5.32 Å². The minimum Gasteiger partial charge on any atom is -0.478 e. The second-order valence-electron chi connectivity index (χ2n) is 6.45. The number of hydrogen-bond donors (Lipinski definition) is 3. The van der Waals surface area contributed by atoms with Crippen LogP contribution in [0.15, 0.2) is 24.3 Å². The van der Waals surface area contributed by atoms with Gasteiger partial charge in [-0.2, -0.15) is 0 Å². The van der Waals surface area contributed by atoms with E-state index in [1.165, 1.54) is 0 Å². The maximum absolute atomic E-state index is 12.1. The molecule has 1 unspecified atom stereocenters. The van der Waals surface area contributed by atoms with E-state index in [0.717, 1.165) is 30.4 Å². The minimum absolute atomic E-state index is 0. The van der Waals surface area contributed by atoms with Gasteiger partial charge in [0.15, 0.2) is 0 Å². The third kappa shape index (κ3) is 4.00. The maximum Gasteiger partial charge on any atom is 0.352 e. The summed E-state index contributed by atoms with van der Waals surface area (Å²) in [7, 11) is 0. The van der Waals surface area contributed by atoms with Crippen molar-refractivity contribution in [1.82, 2.24) is 5.32 Å². The number of hydrogen-bond acceptors (Lipinski definition) is 3. The van der Waals surface area contributed by atoms with Gasteiger partial charge < -0.3 is 10.2 Å². The molecular formula is C20H28ClNO3. The van der Waals surface area contributed by atoms with Crippen molar-refractivity contribution in [3.8, 4) is 11.8 Å². The average molecular weight is 366 g/mol. The Labute approximate surface area is 156 Å². The smallest absolute Gasteiger partial charge is 0.352 e. The van der Waals surface area contributed by atoms with Crippen molar-refractivity contribution in [3.05, 3.63) is 35.4 Å². The summed E-state index contributed by atoms with van der Waals surface area (Å²) in [5, 5.41) is 24.0. The van der Waals surface area contributed by atoms with Gasteiger partial charge in [0.05, 0.1) is 0 Å². The Bertz CT molecular complexity index is 644. The molecule has 0 bridgehead atoms. The van der Waals surface area contributed by atoms with Crippen LogP contribution in [0.2, 0.25) is 0 Å². The van der Waals surface area contributed by atoms with E-state index in [1.807, 2.05) is 31.2 Å². The number of halogens is 1. The Morgan fingerprint density at radius 3 is 2.48 bits per heavy atom. The van der Waals surface area contributed by atoms with Crippen molar-refractivity contribution < 1.29 is 15.0 Å². The molecule has 1 atom stereocenters. The molecule has 1 aromatic rings. The molecule has 1 aliphatic rings. The number of likely N-dealkylation sites (N-methyl/N-ethyl adjacent to an activating group) is 1. The SMILES string of the molecule is CC#CCc1ccccc1C1(C(O)(NCC)C(=O)O)CCCCC1.Cl. The van der Waals surface area contributed by atoms with Gasteiger partial charge >= 0.3 is 5.97 Å². The molecule has 1 fully saturated rings. The molecule has 0 aliphatic heterocycles.